The van der Waals surface area contributed by atoms with E-state index in [1.807, 2.05) is 56.3 Å². The Kier molecular flexibility index (Phi) is 4.27. The first-order chi connectivity index (χ1) is 9.06. The fraction of sp³-hybridized carbons (Fsp3) is 0.188. The van der Waals surface area contributed by atoms with Crippen LogP contribution in [0.5, 0.6) is 0 Å². The maximum atomic E-state index is 12.0. The molecule has 19 heavy (non-hydrogen) atoms. The predicted molar refractivity (Wildman–Crippen MR) is 81.9 cm³/mol. The molecule has 2 aromatic rings. The Bertz CT molecular complexity index is 570. The van der Waals surface area contributed by atoms with E-state index in [-0.39, 0.29) is 5.91 Å². The fourth-order valence-corrected chi connectivity index (χ4v) is 2.14. The lowest BCUT2D eigenvalue weighted by molar-refractivity contribution is -0.115. The van der Waals surface area contributed by atoms with Crippen molar-refractivity contribution in [2.24, 2.45) is 0 Å². The van der Waals surface area contributed by atoms with Gasteiger partial charge in [-0.1, -0.05) is 30.3 Å². The predicted octanol–water partition coefficient (Wildman–Crippen LogP) is 3.77. The molecule has 0 radical (unpaired) electrons. The Morgan fingerprint density at radius 1 is 1.05 bits per heavy atom. The number of hydrogen-bond acceptors (Lipinski definition) is 2. The molecule has 98 valence electrons. The zero-order valence-corrected chi connectivity index (χ0v) is 12.0. The number of para-hydroxylation sites is 1. The van der Waals surface area contributed by atoms with Crippen LogP contribution in [-0.4, -0.2) is 5.91 Å². The molecule has 2 rings (SSSR count). The maximum Gasteiger partial charge on any atom is 0.228 e. The number of anilines is 1. The monoisotopic (exact) mass is 271 g/mol. The van der Waals surface area contributed by atoms with Crippen LogP contribution in [0.2, 0.25) is 0 Å². The molecule has 0 aliphatic rings. The van der Waals surface area contributed by atoms with Crippen LogP contribution in [0.1, 0.15) is 16.7 Å². The molecule has 0 aliphatic heterocycles. The van der Waals surface area contributed by atoms with Gasteiger partial charge >= 0.3 is 0 Å². The van der Waals surface area contributed by atoms with Gasteiger partial charge in [0.2, 0.25) is 5.91 Å². The van der Waals surface area contributed by atoms with E-state index in [9.17, 15) is 4.79 Å². The lowest BCUT2D eigenvalue weighted by atomic mass is 10.1. The normalized spacial score (nSPS) is 10.3. The van der Waals surface area contributed by atoms with Crippen molar-refractivity contribution in [1.29, 1.82) is 0 Å². The van der Waals surface area contributed by atoms with E-state index in [2.05, 4.69) is 17.9 Å². The topological polar surface area (TPSA) is 29.1 Å². The molecule has 0 heterocycles. The number of carbonyl (C=O) groups excluding carboxylic acids is 1. The molecule has 1 amide bonds. The number of aryl methyl sites for hydroxylation is 2. The fourth-order valence-electron chi connectivity index (χ4n) is 1.99. The van der Waals surface area contributed by atoms with Gasteiger partial charge < -0.3 is 5.32 Å². The summed E-state index contributed by atoms with van der Waals surface area (Å²) >= 11 is 4.23. The second-order valence-corrected chi connectivity index (χ2v) is 5.17. The van der Waals surface area contributed by atoms with E-state index >= 15 is 0 Å². The number of benzene rings is 2. The number of amides is 1. The molecule has 2 nitrogen and oxygen atoms in total. The van der Waals surface area contributed by atoms with Crippen LogP contribution < -0.4 is 5.32 Å². The molecule has 0 aromatic heterocycles. The third-order valence-corrected chi connectivity index (χ3v) is 3.34. The number of hydrogen-bond donors (Lipinski definition) is 2. The molecule has 2 aromatic carbocycles. The van der Waals surface area contributed by atoms with Gasteiger partial charge in [0, 0.05) is 10.6 Å². The van der Waals surface area contributed by atoms with Crippen molar-refractivity contribution in [3.8, 4) is 0 Å². The SMILES string of the molecule is Cc1cccc(C)c1NC(=O)Cc1ccc(S)cc1. The van der Waals surface area contributed by atoms with Crippen LogP contribution in [-0.2, 0) is 11.2 Å². The van der Waals surface area contributed by atoms with Crippen molar-refractivity contribution >= 4 is 24.2 Å². The molecule has 0 saturated carbocycles. The Balaban J connectivity index is 2.07. The van der Waals surface area contributed by atoms with E-state index in [0.717, 1.165) is 27.3 Å². The van der Waals surface area contributed by atoms with Crippen LogP contribution in [0.4, 0.5) is 5.69 Å². The molecule has 0 unspecified atom stereocenters. The highest BCUT2D eigenvalue weighted by Crippen LogP contribution is 2.19. The average molecular weight is 271 g/mol. The number of thiol groups is 1. The summed E-state index contributed by atoms with van der Waals surface area (Å²) in [5.41, 5.74) is 4.07. The number of nitrogens with one attached hydrogen (secondary N) is 1. The third kappa shape index (κ3) is 3.61. The van der Waals surface area contributed by atoms with Gasteiger partial charge in [-0.25, -0.2) is 0 Å². The molecule has 0 saturated heterocycles. The van der Waals surface area contributed by atoms with Crippen LogP contribution >= 0.6 is 12.6 Å². The first kappa shape index (κ1) is 13.7. The van der Waals surface area contributed by atoms with Crippen LogP contribution in [0.15, 0.2) is 47.4 Å². The molecule has 3 heteroatoms. The molecular weight excluding hydrogens is 254 g/mol. The van der Waals surface area contributed by atoms with Gasteiger partial charge in [-0.05, 0) is 42.7 Å². The first-order valence-electron chi connectivity index (χ1n) is 6.20. The van der Waals surface area contributed by atoms with Crippen molar-refractivity contribution in [3.05, 3.63) is 59.2 Å². The minimum Gasteiger partial charge on any atom is -0.325 e. The minimum absolute atomic E-state index is 0.00399. The maximum absolute atomic E-state index is 12.0. The molecule has 0 aliphatic carbocycles. The van der Waals surface area contributed by atoms with Gasteiger partial charge in [-0.15, -0.1) is 12.6 Å². The van der Waals surface area contributed by atoms with E-state index in [0.29, 0.717) is 6.42 Å². The lowest BCUT2D eigenvalue weighted by Gasteiger charge is -2.11. The molecule has 0 atom stereocenters. The molecule has 0 spiro atoms. The first-order valence-corrected chi connectivity index (χ1v) is 6.65. The van der Waals surface area contributed by atoms with Crippen LogP contribution in [0.3, 0.4) is 0 Å². The number of carbonyl (C=O) groups is 1. The Morgan fingerprint density at radius 2 is 1.63 bits per heavy atom. The summed E-state index contributed by atoms with van der Waals surface area (Å²) in [7, 11) is 0. The van der Waals surface area contributed by atoms with Gasteiger partial charge in [0.15, 0.2) is 0 Å². The highest BCUT2D eigenvalue weighted by molar-refractivity contribution is 7.80. The largest absolute Gasteiger partial charge is 0.325 e. The summed E-state index contributed by atoms with van der Waals surface area (Å²) in [6.45, 7) is 4.00. The third-order valence-electron chi connectivity index (χ3n) is 3.05. The Labute approximate surface area is 119 Å². The Hall–Kier alpha value is -1.74. The summed E-state index contributed by atoms with van der Waals surface area (Å²) in [4.78, 5) is 12.9. The van der Waals surface area contributed by atoms with Crippen molar-refractivity contribution in [3.63, 3.8) is 0 Å². The summed E-state index contributed by atoms with van der Waals surface area (Å²) < 4.78 is 0. The second kappa shape index (κ2) is 5.93. The van der Waals surface area contributed by atoms with Crippen molar-refractivity contribution in [2.45, 2.75) is 25.2 Å². The van der Waals surface area contributed by atoms with Gasteiger partial charge in [-0.2, -0.15) is 0 Å². The molecule has 0 bridgehead atoms. The van der Waals surface area contributed by atoms with E-state index in [1.165, 1.54) is 0 Å². The smallest absolute Gasteiger partial charge is 0.228 e. The quantitative estimate of drug-likeness (QED) is 0.817. The van der Waals surface area contributed by atoms with Crippen molar-refractivity contribution in [1.82, 2.24) is 0 Å². The molecule has 0 fully saturated rings. The van der Waals surface area contributed by atoms with E-state index in [4.69, 9.17) is 0 Å². The zero-order valence-electron chi connectivity index (χ0n) is 11.1. The summed E-state index contributed by atoms with van der Waals surface area (Å²) in [5, 5.41) is 2.98. The van der Waals surface area contributed by atoms with Gasteiger partial charge in [-0.3, -0.25) is 4.79 Å². The molecular formula is C16H17NOS. The number of rotatable bonds is 3. The highest BCUT2D eigenvalue weighted by atomic mass is 32.1. The lowest BCUT2D eigenvalue weighted by Crippen LogP contribution is -2.15. The highest BCUT2D eigenvalue weighted by Gasteiger charge is 2.07. The minimum atomic E-state index is 0.00399. The van der Waals surface area contributed by atoms with Crippen LogP contribution in [0.25, 0.3) is 0 Å². The Morgan fingerprint density at radius 3 is 2.21 bits per heavy atom. The summed E-state index contributed by atoms with van der Waals surface area (Å²) in [6.07, 6.45) is 0.377. The van der Waals surface area contributed by atoms with Gasteiger partial charge in [0.1, 0.15) is 0 Å². The zero-order chi connectivity index (χ0) is 13.8. The standard InChI is InChI=1S/C16H17NOS/c1-11-4-3-5-12(2)16(11)17-15(18)10-13-6-8-14(19)9-7-13/h3-9,19H,10H2,1-2H3,(H,17,18). The van der Waals surface area contributed by atoms with Crippen molar-refractivity contribution < 1.29 is 4.79 Å². The van der Waals surface area contributed by atoms with E-state index < -0.39 is 0 Å². The van der Waals surface area contributed by atoms with Gasteiger partial charge in [0.25, 0.3) is 0 Å². The molecule has 1 N–H and O–H groups in total. The van der Waals surface area contributed by atoms with Crippen LogP contribution in [0, 0.1) is 13.8 Å². The van der Waals surface area contributed by atoms with E-state index in [1.54, 1.807) is 0 Å². The second-order valence-electron chi connectivity index (χ2n) is 4.66. The summed E-state index contributed by atoms with van der Waals surface area (Å²) in [5.74, 6) is 0.00399. The summed E-state index contributed by atoms with van der Waals surface area (Å²) in [6, 6.07) is 13.6. The van der Waals surface area contributed by atoms with Gasteiger partial charge in [0.05, 0.1) is 6.42 Å². The van der Waals surface area contributed by atoms with Crippen molar-refractivity contribution in [2.75, 3.05) is 5.32 Å². The average Bonchev–Trinajstić information content (AvgIpc) is 2.37.